The number of hydrogen-bond donors (Lipinski definition) is 1. The SMILES string of the molecule is Cc1cc(OCC(=O)Nc2nc3c(s2)CN(C(=O)CC(C)C)CC3)ccc1Cl. The van der Waals surface area contributed by atoms with Crippen molar-refractivity contribution in [3.63, 3.8) is 0 Å². The number of aryl methyl sites for hydroxylation is 1. The van der Waals surface area contributed by atoms with Crippen molar-refractivity contribution in [2.24, 2.45) is 5.92 Å². The predicted octanol–water partition coefficient (Wildman–Crippen LogP) is 4.05. The summed E-state index contributed by atoms with van der Waals surface area (Å²) in [4.78, 5) is 31.9. The van der Waals surface area contributed by atoms with Crippen molar-refractivity contribution in [1.82, 2.24) is 9.88 Å². The number of anilines is 1. The summed E-state index contributed by atoms with van der Waals surface area (Å²) in [6.45, 7) is 7.10. The molecule has 0 unspecified atom stereocenters. The van der Waals surface area contributed by atoms with Gasteiger partial charge in [-0.2, -0.15) is 0 Å². The first kappa shape index (κ1) is 20.6. The molecule has 2 heterocycles. The van der Waals surface area contributed by atoms with Gasteiger partial charge in [0.15, 0.2) is 11.7 Å². The number of thiazole rings is 1. The number of halogens is 1. The van der Waals surface area contributed by atoms with Gasteiger partial charge in [-0.15, -0.1) is 0 Å². The number of benzene rings is 1. The summed E-state index contributed by atoms with van der Waals surface area (Å²) in [5.74, 6) is 0.835. The largest absolute Gasteiger partial charge is 0.484 e. The van der Waals surface area contributed by atoms with Crippen LogP contribution in [0.2, 0.25) is 5.02 Å². The zero-order valence-corrected chi connectivity index (χ0v) is 17.8. The molecule has 28 heavy (non-hydrogen) atoms. The molecule has 1 aromatic carbocycles. The molecule has 0 atom stereocenters. The minimum Gasteiger partial charge on any atom is -0.484 e. The van der Waals surface area contributed by atoms with Crippen LogP contribution in [0.5, 0.6) is 5.75 Å². The van der Waals surface area contributed by atoms with Crippen LogP contribution in [0.3, 0.4) is 0 Å². The van der Waals surface area contributed by atoms with E-state index < -0.39 is 0 Å². The molecule has 0 aliphatic carbocycles. The molecule has 150 valence electrons. The van der Waals surface area contributed by atoms with Crippen molar-refractivity contribution < 1.29 is 14.3 Å². The Morgan fingerprint density at radius 2 is 2.18 bits per heavy atom. The van der Waals surface area contributed by atoms with Gasteiger partial charge in [0.05, 0.1) is 12.2 Å². The Balaban J connectivity index is 1.54. The number of ether oxygens (including phenoxy) is 1. The fourth-order valence-corrected chi connectivity index (χ4v) is 4.11. The zero-order chi connectivity index (χ0) is 20.3. The minimum absolute atomic E-state index is 0.107. The van der Waals surface area contributed by atoms with E-state index in [-0.39, 0.29) is 18.4 Å². The Kier molecular flexibility index (Phi) is 6.57. The molecule has 1 aromatic heterocycles. The van der Waals surface area contributed by atoms with E-state index in [2.05, 4.69) is 10.3 Å². The van der Waals surface area contributed by atoms with E-state index in [9.17, 15) is 9.59 Å². The van der Waals surface area contributed by atoms with E-state index in [1.165, 1.54) is 11.3 Å². The number of hydrogen-bond acceptors (Lipinski definition) is 5. The highest BCUT2D eigenvalue weighted by Gasteiger charge is 2.24. The molecule has 2 amide bonds. The third-order valence-corrected chi connectivity index (χ3v) is 5.83. The molecule has 6 nitrogen and oxygen atoms in total. The number of carbonyl (C=O) groups is 2. The fourth-order valence-electron chi connectivity index (χ4n) is 2.95. The van der Waals surface area contributed by atoms with Crippen LogP contribution in [0.1, 0.15) is 36.4 Å². The summed E-state index contributed by atoms with van der Waals surface area (Å²) in [7, 11) is 0. The first-order valence-electron chi connectivity index (χ1n) is 9.27. The van der Waals surface area contributed by atoms with Gasteiger partial charge in [0, 0.05) is 29.3 Å². The number of carbonyl (C=O) groups excluding carboxylic acids is 2. The third kappa shape index (κ3) is 5.23. The molecular formula is C20H24ClN3O3S. The van der Waals surface area contributed by atoms with Crippen molar-refractivity contribution in [2.45, 2.75) is 40.2 Å². The third-order valence-electron chi connectivity index (χ3n) is 4.41. The Hall–Kier alpha value is -2.12. The standard InChI is InChI=1S/C20H24ClN3O3S/c1-12(2)8-19(26)24-7-6-16-17(10-24)28-20(22-16)23-18(25)11-27-14-4-5-15(21)13(3)9-14/h4-5,9,12H,6-8,10-11H2,1-3H3,(H,22,23,25). The smallest absolute Gasteiger partial charge is 0.264 e. The molecule has 8 heteroatoms. The van der Waals surface area contributed by atoms with Crippen molar-refractivity contribution in [3.05, 3.63) is 39.4 Å². The second-order valence-electron chi connectivity index (χ2n) is 7.30. The summed E-state index contributed by atoms with van der Waals surface area (Å²) in [5, 5.41) is 3.99. The van der Waals surface area contributed by atoms with Crippen LogP contribution in [0.15, 0.2) is 18.2 Å². The van der Waals surface area contributed by atoms with Crippen LogP contribution in [-0.4, -0.2) is 34.8 Å². The topological polar surface area (TPSA) is 71.5 Å². The number of aromatic nitrogens is 1. The van der Waals surface area contributed by atoms with Gasteiger partial charge in [-0.1, -0.05) is 36.8 Å². The van der Waals surface area contributed by atoms with Gasteiger partial charge in [0.1, 0.15) is 5.75 Å². The van der Waals surface area contributed by atoms with E-state index in [0.717, 1.165) is 16.1 Å². The maximum absolute atomic E-state index is 12.3. The van der Waals surface area contributed by atoms with E-state index in [0.29, 0.717) is 47.8 Å². The molecule has 1 aliphatic heterocycles. The number of amides is 2. The van der Waals surface area contributed by atoms with E-state index >= 15 is 0 Å². The quantitative estimate of drug-likeness (QED) is 0.763. The molecule has 0 spiro atoms. The number of fused-ring (bicyclic) bond motifs is 1. The maximum Gasteiger partial charge on any atom is 0.264 e. The number of nitrogens with zero attached hydrogens (tertiary/aromatic N) is 2. The molecule has 0 bridgehead atoms. The van der Waals surface area contributed by atoms with Crippen LogP contribution < -0.4 is 10.1 Å². The number of nitrogens with one attached hydrogen (secondary N) is 1. The second kappa shape index (κ2) is 8.92. The summed E-state index contributed by atoms with van der Waals surface area (Å²) < 4.78 is 5.52. The van der Waals surface area contributed by atoms with Crippen LogP contribution in [0.25, 0.3) is 0 Å². The predicted molar refractivity (Wildman–Crippen MR) is 111 cm³/mol. The first-order valence-corrected chi connectivity index (χ1v) is 10.5. The Morgan fingerprint density at radius 1 is 1.39 bits per heavy atom. The van der Waals surface area contributed by atoms with E-state index in [1.54, 1.807) is 18.2 Å². The molecule has 1 N–H and O–H groups in total. The van der Waals surface area contributed by atoms with Gasteiger partial charge in [0.25, 0.3) is 5.91 Å². The average molecular weight is 422 g/mol. The molecule has 2 aromatic rings. The minimum atomic E-state index is -0.272. The number of rotatable bonds is 6. The summed E-state index contributed by atoms with van der Waals surface area (Å²) in [6.07, 6.45) is 1.27. The molecule has 0 saturated carbocycles. The van der Waals surface area contributed by atoms with Gasteiger partial charge in [-0.05, 0) is 36.6 Å². The van der Waals surface area contributed by atoms with Crippen LogP contribution in [0, 0.1) is 12.8 Å². The van der Waals surface area contributed by atoms with Crippen molar-refractivity contribution in [2.75, 3.05) is 18.5 Å². The molecule has 0 fully saturated rings. The lowest BCUT2D eigenvalue weighted by Gasteiger charge is -2.26. The highest BCUT2D eigenvalue weighted by Crippen LogP contribution is 2.29. The van der Waals surface area contributed by atoms with Crippen molar-refractivity contribution in [1.29, 1.82) is 0 Å². The van der Waals surface area contributed by atoms with Crippen LogP contribution in [-0.2, 0) is 22.6 Å². The Morgan fingerprint density at radius 3 is 2.89 bits per heavy atom. The highest BCUT2D eigenvalue weighted by atomic mass is 35.5. The summed E-state index contributed by atoms with van der Waals surface area (Å²) in [6, 6.07) is 5.26. The van der Waals surface area contributed by atoms with Gasteiger partial charge < -0.3 is 9.64 Å². The van der Waals surface area contributed by atoms with Crippen LogP contribution >= 0.6 is 22.9 Å². The molecule has 0 saturated heterocycles. The Labute approximate surface area is 173 Å². The highest BCUT2D eigenvalue weighted by molar-refractivity contribution is 7.15. The van der Waals surface area contributed by atoms with Gasteiger partial charge in [0.2, 0.25) is 5.91 Å². The summed E-state index contributed by atoms with van der Waals surface area (Å²) >= 11 is 7.41. The lowest BCUT2D eigenvalue weighted by Crippen LogP contribution is -2.36. The first-order chi connectivity index (χ1) is 13.3. The second-order valence-corrected chi connectivity index (χ2v) is 8.79. The molecule has 1 aliphatic rings. The van der Waals surface area contributed by atoms with Gasteiger partial charge >= 0.3 is 0 Å². The van der Waals surface area contributed by atoms with E-state index in [1.807, 2.05) is 25.7 Å². The monoisotopic (exact) mass is 421 g/mol. The zero-order valence-electron chi connectivity index (χ0n) is 16.3. The molecule has 3 rings (SSSR count). The fraction of sp³-hybridized carbons (Fsp3) is 0.450. The van der Waals surface area contributed by atoms with E-state index in [4.69, 9.17) is 16.3 Å². The molecule has 0 radical (unpaired) electrons. The summed E-state index contributed by atoms with van der Waals surface area (Å²) in [5.41, 5.74) is 1.85. The van der Waals surface area contributed by atoms with Crippen LogP contribution in [0.4, 0.5) is 5.13 Å². The van der Waals surface area contributed by atoms with Crippen molar-refractivity contribution >= 4 is 39.9 Å². The average Bonchev–Trinajstić information content (AvgIpc) is 3.03. The lowest BCUT2D eigenvalue weighted by atomic mass is 10.1. The van der Waals surface area contributed by atoms with Crippen molar-refractivity contribution in [3.8, 4) is 5.75 Å². The van der Waals surface area contributed by atoms with Gasteiger partial charge in [-0.25, -0.2) is 4.98 Å². The van der Waals surface area contributed by atoms with Gasteiger partial charge in [-0.3, -0.25) is 14.9 Å². The lowest BCUT2D eigenvalue weighted by molar-refractivity contribution is -0.132. The Bertz CT molecular complexity index is 882. The normalized spacial score (nSPS) is 13.4. The maximum atomic E-state index is 12.3. The molecular weight excluding hydrogens is 398 g/mol.